The molecule has 1 aromatic heterocycles. The predicted octanol–water partition coefficient (Wildman–Crippen LogP) is 5.85. The summed E-state index contributed by atoms with van der Waals surface area (Å²) in [6.45, 7) is 0.222. The highest BCUT2D eigenvalue weighted by Crippen LogP contribution is 2.33. The number of methoxy groups -OCH3 is 1. The van der Waals surface area contributed by atoms with Gasteiger partial charge in [-0.25, -0.2) is 0 Å². The third-order valence-electron chi connectivity index (χ3n) is 5.27. The molecule has 0 spiro atoms. The maximum atomic E-state index is 12.8. The smallest absolute Gasteiger partial charge is 0.416 e. The molecule has 0 unspecified atom stereocenters. The van der Waals surface area contributed by atoms with E-state index in [0.29, 0.717) is 27.8 Å². The van der Waals surface area contributed by atoms with Gasteiger partial charge < -0.3 is 19.6 Å². The molecule has 170 valence electrons. The Morgan fingerprint density at radius 3 is 2.42 bits per heavy atom. The maximum absolute atomic E-state index is 12.8. The van der Waals surface area contributed by atoms with Gasteiger partial charge in [0.05, 0.1) is 19.1 Å². The van der Waals surface area contributed by atoms with Gasteiger partial charge in [0.2, 0.25) is 0 Å². The molecule has 0 bridgehead atoms. The molecule has 0 fully saturated rings. The number of H-pyrrole nitrogens is 1. The van der Waals surface area contributed by atoms with Crippen molar-refractivity contribution in [1.82, 2.24) is 4.98 Å². The zero-order valence-corrected chi connectivity index (χ0v) is 17.6. The summed E-state index contributed by atoms with van der Waals surface area (Å²) in [7, 11) is 1.30. The number of hydrogen-bond acceptors (Lipinski definition) is 4. The van der Waals surface area contributed by atoms with Crippen LogP contribution in [0.3, 0.4) is 0 Å². The first kappa shape index (κ1) is 22.3. The fourth-order valence-corrected chi connectivity index (χ4v) is 3.56. The van der Waals surface area contributed by atoms with Crippen molar-refractivity contribution in [3.8, 4) is 22.8 Å². The second kappa shape index (κ2) is 8.90. The quantitative estimate of drug-likeness (QED) is 0.358. The fourth-order valence-electron chi connectivity index (χ4n) is 3.56. The van der Waals surface area contributed by atoms with Crippen LogP contribution in [0.1, 0.15) is 16.8 Å². The standard InChI is InChI=1S/C25H20F3NO4/c1-32-23(30)13-22-20-10-9-19(12-21(20)24(31)29-22)33-14-15-3-2-4-17(11-15)16-5-7-18(8-6-16)25(26,27)28/h2-12,29,31H,13-14H2,1H3. The van der Waals surface area contributed by atoms with Gasteiger partial charge in [-0.15, -0.1) is 0 Å². The number of esters is 1. The molecule has 0 aliphatic rings. The molecule has 0 aliphatic carbocycles. The van der Waals surface area contributed by atoms with Crippen molar-refractivity contribution in [2.45, 2.75) is 19.2 Å². The molecular formula is C25H20F3NO4. The van der Waals surface area contributed by atoms with Gasteiger partial charge in [0, 0.05) is 16.5 Å². The van der Waals surface area contributed by atoms with Gasteiger partial charge in [-0.1, -0.05) is 30.3 Å². The Balaban J connectivity index is 1.49. The summed E-state index contributed by atoms with van der Waals surface area (Å²) in [4.78, 5) is 14.3. The maximum Gasteiger partial charge on any atom is 0.416 e. The highest BCUT2D eigenvalue weighted by molar-refractivity contribution is 5.93. The lowest BCUT2D eigenvalue weighted by Gasteiger charge is -2.10. The van der Waals surface area contributed by atoms with E-state index in [4.69, 9.17) is 4.74 Å². The second-order valence-electron chi connectivity index (χ2n) is 7.48. The Morgan fingerprint density at radius 2 is 1.73 bits per heavy atom. The van der Waals surface area contributed by atoms with Gasteiger partial charge in [0.25, 0.3) is 0 Å². The van der Waals surface area contributed by atoms with E-state index in [1.807, 2.05) is 24.3 Å². The number of carbonyl (C=O) groups excluding carboxylic acids is 1. The number of aromatic hydroxyl groups is 1. The Morgan fingerprint density at radius 1 is 0.970 bits per heavy atom. The number of alkyl halides is 3. The summed E-state index contributed by atoms with van der Waals surface area (Å²) in [5.41, 5.74) is 2.13. The first-order valence-electron chi connectivity index (χ1n) is 10.0. The van der Waals surface area contributed by atoms with Gasteiger partial charge in [-0.2, -0.15) is 13.2 Å². The molecule has 1 heterocycles. The molecule has 3 aromatic carbocycles. The number of carbonyl (C=O) groups is 1. The third-order valence-corrected chi connectivity index (χ3v) is 5.27. The number of halogens is 3. The van der Waals surface area contributed by atoms with Crippen molar-refractivity contribution in [3.63, 3.8) is 0 Å². The number of nitrogens with one attached hydrogen (secondary N) is 1. The van der Waals surface area contributed by atoms with Crippen LogP contribution in [0.2, 0.25) is 0 Å². The molecule has 4 aromatic rings. The Bertz CT molecular complexity index is 1290. The van der Waals surface area contributed by atoms with Crippen LogP contribution in [0.4, 0.5) is 13.2 Å². The molecule has 8 heteroatoms. The average molecular weight is 455 g/mol. The molecule has 2 N–H and O–H groups in total. The van der Waals surface area contributed by atoms with Gasteiger partial charge in [0.1, 0.15) is 12.4 Å². The van der Waals surface area contributed by atoms with Crippen molar-refractivity contribution in [3.05, 3.63) is 83.6 Å². The van der Waals surface area contributed by atoms with Crippen molar-refractivity contribution >= 4 is 16.7 Å². The Labute approximate surface area is 187 Å². The molecule has 0 saturated heterocycles. The van der Waals surface area contributed by atoms with E-state index in [2.05, 4.69) is 9.72 Å². The van der Waals surface area contributed by atoms with Gasteiger partial charge in [0.15, 0.2) is 5.88 Å². The zero-order valence-electron chi connectivity index (χ0n) is 17.6. The van der Waals surface area contributed by atoms with Crippen LogP contribution in [0.25, 0.3) is 21.9 Å². The number of ether oxygens (including phenoxy) is 2. The zero-order chi connectivity index (χ0) is 23.6. The van der Waals surface area contributed by atoms with Gasteiger partial charge >= 0.3 is 12.1 Å². The lowest BCUT2D eigenvalue weighted by molar-refractivity contribution is -0.140. The van der Waals surface area contributed by atoms with Crippen molar-refractivity contribution in [2.24, 2.45) is 0 Å². The fraction of sp³-hybridized carbons (Fsp3) is 0.160. The topological polar surface area (TPSA) is 71.6 Å². The minimum Gasteiger partial charge on any atom is -0.494 e. The molecule has 33 heavy (non-hydrogen) atoms. The summed E-state index contributed by atoms with van der Waals surface area (Å²) in [5, 5.41) is 11.4. The average Bonchev–Trinajstić information content (AvgIpc) is 3.11. The number of benzene rings is 3. The van der Waals surface area contributed by atoms with Crippen molar-refractivity contribution < 1.29 is 32.5 Å². The summed E-state index contributed by atoms with van der Waals surface area (Å²) < 4.78 is 48.9. The van der Waals surface area contributed by atoms with E-state index in [-0.39, 0.29) is 18.9 Å². The molecule has 0 atom stereocenters. The largest absolute Gasteiger partial charge is 0.494 e. The SMILES string of the molecule is COC(=O)Cc1[nH]c(O)c2cc(OCc3cccc(-c4ccc(C(F)(F)F)cc4)c3)ccc12. The number of aromatic nitrogens is 1. The van der Waals surface area contributed by atoms with E-state index in [9.17, 15) is 23.1 Å². The molecular weight excluding hydrogens is 435 g/mol. The van der Waals surface area contributed by atoms with E-state index >= 15 is 0 Å². The van der Waals surface area contributed by atoms with Crippen LogP contribution in [0, 0.1) is 0 Å². The predicted molar refractivity (Wildman–Crippen MR) is 117 cm³/mol. The van der Waals surface area contributed by atoms with Crippen LogP contribution in [0.5, 0.6) is 11.6 Å². The van der Waals surface area contributed by atoms with Crippen LogP contribution in [0.15, 0.2) is 66.7 Å². The summed E-state index contributed by atoms with van der Waals surface area (Å²) >= 11 is 0. The van der Waals surface area contributed by atoms with Crippen molar-refractivity contribution in [2.75, 3.05) is 7.11 Å². The first-order valence-corrected chi connectivity index (χ1v) is 10.0. The Kier molecular flexibility index (Phi) is 6.00. The minimum atomic E-state index is -4.37. The number of hydrogen-bond donors (Lipinski definition) is 2. The molecule has 0 radical (unpaired) electrons. The monoisotopic (exact) mass is 455 g/mol. The van der Waals surface area contributed by atoms with Crippen molar-refractivity contribution in [1.29, 1.82) is 0 Å². The summed E-state index contributed by atoms with van der Waals surface area (Å²) in [6, 6.07) is 17.5. The second-order valence-corrected chi connectivity index (χ2v) is 7.48. The van der Waals surface area contributed by atoms with Gasteiger partial charge in [-0.3, -0.25) is 4.79 Å². The number of aromatic amines is 1. The highest BCUT2D eigenvalue weighted by Gasteiger charge is 2.29. The van der Waals surface area contributed by atoms with E-state index in [0.717, 1.165) is 23.3 Å². The number of rotatable bonds is 6. The van der Waals surface area contributed by atoms with E-state index in [1.165, 1.54) is 19.2 Å². The van der Waals surface area contributed by atoms with Crippen LogP contribution >= 0.6 is 0 Å². The highest BCUT2D eigenvalue weighted by atomic mass is 19.4. The van der Waals surface area contributed by atoms with Crippen LogP contribution < -0.4 is 4.74 Å². The lowest BCUT2D eigenvalue weighted by atomic mass is 10.0. The van der Waals surface area contributed by atoms with Crippen LogP contribution in [-0.4, -0.2) is 23.2 Å². The minimum absolute atomic E-state index is 0.00447. The van der Waals surface area contributed by atoms with E-state index < -0.39 is 17.7 Å². The Hall–Kier alpha value is -3.94. The summed E-state index contributed by atoms with van der Waals surface area (Å²) in [5.74, 6) is 0.0198. The van der Waals surface area contributed by atoms with Crippen LogP contribution in [-0.2, 0) is 28.7 Å². The normalized spacial score (nSPS) is 11.5. The number of fused-ring (bicyclic) bond motifs is 1. The molecule has 0 aliphatic heterocycles. The lowest BCUT2D eigenvalue weighted by Crippen LogP contribution is -2.04. The molecule has 0 amide bonds. The van der Waals surface area contributed by atoms with Gasteiger partial charge in [-0.05, 0) is 53.1 Å². The first-order chi connectivity index (χ1) is 15.7. The summed E-state index contributed by atoms with van der Waals surface area (Å²) in [6.07, 6.45) is -4.37. The molecule has 5 nitrogen and oxygen atoms in total. The third kappa shape index (κ3) is 4.95. The molecule has 0 saturated carbocycles. The molecule has 4 rings (SSSR count). The van der Waals surface area contributed by atoms with E-state index in [1.54, 1.807) is 18.2 Å².